The van der Waals surface area contributed by atoms with E-state index in [0.29, 0.717) is 0 Å². The van der Waals surface area contributed by atoms with E-state index in [1.165, 1.54) is 5.56 Å². The van der Waals surface area contributed by atoms with Crippen LogP contribution in [0.25, 0.3) is 0 Å². The van der Waals surface area contributed by atoms with Crippen LogP contribution in [-0.4, -0.2) is 42.0 Å². The Hall–Kier alpha value is -0.970. The van der Waals surface area contributed by atoms with Crippen LogP contribution in [0.3, 0.4) is 0 Å². The van der Waals surface area contributed by atoms with Gasteiger partial charge < -0.3 is 9.47 Å². The van der Waals surface area contributed by atoms with Gasteiger partial charge in [0, 0.05) is 25.7 Å². The van der Waals surface area contributed by atoms with Crippen molar-refractivity contribution in [3.05, 3.63) is 29.6 Å². The first-order chi connectivity index (χ1) is 8.80. The minimum absolute atomic E-state index is 0.316. The van der Waals surface area contributed by atoms with Crippen LogP contribution in [0.4, 0.5) is 0 Å². The maximum atomic E-state index is 5.72. The van der Waals surface area contributed by atoms with E-state index in [2.05, 4.69) is 28.9 Å². The number of ether oxygens (including phenoxy) is 2. The first kappa shape index (κ1) is 12.1. The lowest BCUT2D eigenvalue weighted by molar-refractivity contribution is -0.145. The third-order valence-electron chi connectivity index (χ3n) is 3.77. The summed E-state index contributed by atoms with van der Waals surface area (Å²) in [7, 11) is 0. The monoisotopic (exact) mass is 248 g/mol. The number of likely N-dealkylation sites (tertiary alicyclic amines) is 1. The zero-order valence-electron chi connectivity index (χ0n) is 10.9. The first-order valence-corrected chi connectivity index (χ1v) is 6.74. The molecule has 3 heterocycles. The largest absolute Gasteiger partial charge is 0.346 e. The number of aromatic nitrogens is 1. The zero-order chi connectivity index (χ0) is 12.4. The van der Waals surface area contributed by atoms with Gasteiger partial charge in [-0.2, -0.15) is 0 Å². The average Bonchev–Trinajstić information content (AvgIpc) is 3.02. The molecule has 0 saturated carbocycles. The molecule has 1 spiro atoms. The van der Waals surface area contributed by atoms with E-state index < -0.39 is 0 Å². The van der Waals surface area contributed by atoms with Crippen molar-refractivity contribution >= 4 is 0 Å². The number of pyridine rings is 1. The van der Waals surface area contributed by atoms with E-state index in [9.17, 15) is 0 Å². The third-order valence-corrected chi connectivity index (χ3v) is 3.77. The molecule has 0 N–H and O–H groups in total. The van der Waals surface area contributed by atoms with Crippen molar-refractivity contribution in [3.8, 4) is 0 Å². The lowest BCUT2D eigenvalue weighted by Gasteiger charge is -2.22. The smallest absolute Gasteiger partial charge is 0.182 e. The molecule has 3 rings (SSSR count). The van der Waals surface area contributed by atoms with Crippen LogP contribution in [0.5, 0.6) is 0 Å². The quantitative estimate of drug-likeness (QED) is 0.813. The van der Waals surface area contributed by atoms with E-state index in [1.54, 1.807) is 0 Å². The summed E-state index contributed by atoms with van der Waals surface area (Å²) in [5, 5.41) is 0. The molecule has 4 heteroatoms. The summed E-state index contributed by atoms with van der Waals surface area (Å²) < 4.78 is 11.4. The zero-order valence-corrected chi connectivity index (χ0v) is 10.9. The fourth-order valence-electron chi connectivity index (χ4n) is 2.68. The van der Waals surface area contributed by atoms with Gasteiger partial charge in [0.05, 0.1) is 25.5 Å². The van der Waals surface area contributed by atoms with Crippen LogP contribution in [0.15, 0.2) is 18.3 Å². The van der Waals surface area contributed by atoms with Crippen molar-refractivity contribution in [2.45, 2.75) is 32.1 Å². The second-order valence-corrected chi connectivity index (χ2v) is 5.08. The van der Waals surface area contributed by atoms with Crippen molar-refractivity contribution in [2.75, 3.05) is 26.3 Å². The molecule has 0 aromatic carbocycles. The second-order valence-electron chi connectivity index (χ2n) is 5.08. The highest BCUT2D eigenvalue weighted by Crippen LogP contribution is 2.30. The first-order valence-electron chi connectivity index (χ1n) is 6.74. The summed E-state index contributed by atoms with van der Waals surface area (Å²) >= 11 is 0. The second kappa shape index (κ2) is 4.96. The van der Waals surface area contributed by atoms with E-state index in [1.807, 2.05) is 6.20 Å². The van der Waals surface area contributed by atoms with Crippen molar-refractivity contribution in [1.82, 2.24) is 9.88 Å². The van der Waals surface area contributed by atoms with Crippen LogP contribution in [0, 0.1) is 0 Å². The fourth-order valence-corrected chi connectivity index (χ4v) is 2.68. The Kier molecular flexibility index (Phi) is 3.33. The summed E-state index contributed by atoms with van der Waals surface area (Å²) in [6.45, 7) is 6.39. The summed E-state index contributed by atoms with van der Waals surface area (Å²) in [6, 6.07) is 4.29. The van der Waals surface area contributed by atoms with Gasteiger partial charge >= 0.3 is 0 Å². The van der Waals surface area contributed by atoms with Crippen molar-refractivity contribution in [2.24, 2.45) is 0 Å². The topological polar surface area (TPSA) is 34.6 Å². The molecule has 0 aliphatic carbocycles. The number of nitrogens with zero attached hydrogens (tertiary/aromatic N) is 2. The molecular weight excluding hydrogens is 228 g/mol. The summed E-state index contributed by atoms with van der Waals surface area (Å²) in [5.74, 6) is -0.316. The third kappa shape index (κ3) is 2.41. The lowest BCUT2D eigenvalue weighted by atomic mass is 10.2. The minimum Gasteiger partial charge on any atom is -0.346 e. The van der Waals surface area contributed by atoms with E-state index >= 15 is 0 Å². The Balaban J connectivity index is 1.60. The molecule has 18 heavy (non-hydrogen) atoms. The Bertz CT molecular complexity index is 399. The standard InChI is InChI=1S/C14H20N2O2/c1-2-12-3-4-13(15-9-12)10-16-6-5-14(11-16)17-7-8-18-14/h3-4,9H,2,5-8,10-11H2,1H3. The lowest BCUT2D eigenvalue weighted by Crippen LogP contribution is -2.34. The summed E-state index contributed by atoms with van der Waals surface area (Å²) in [5.41, 5.74) is 2.42. The fraction of sp³-hybridized carbons (Fsp3) is 0.643. The van der Waals surface area contributed by atoms with Crippen molar-refractivity contribution in [1.29, 1.82) is 0 Å². The summed E-state index contributed by atoms with van der Waals surface area (Å²) in [6.07, 6.45) is 3.99. The van der Waals surface area contributed by atoms with Gasteiger partial charge in [-0.15, -0.1) is 0 Å². The van der Waals surface area contributed by atoms with Gasteiger partial charge in [-0.3, -0.25) is 9.88 Å². The molecule has 0 amide bonds. The number of rotatable bonds is 3. The Labute approximate surface area is 108 Å². The van der Waals surface area contributed by atoms with E-state index in [4.69, 9.17) is 9.47 Å². The molecule has 1 aromatic heterocycles. The number of hydrogen-bond acceptors (Lipinski definition) is 4. The molecule has 1 aromatic rings. The van der Waals surface area contributed by atoms with E-state index in [0.717, 1.165) is 51.4 Å². The SMILES string of the molecule is CCc1ccc(CN2CCC3(C2)OCCO3)nc1. The van der Waals surface area contributed by atoms with Crippen LogP contribution < -0.4 is 0 Å². The molecule has 2 aliphatic heterocycles. The Morgan fingerprint density at radius 3 is 2.83 bits per heavy atom. The molecule has 2 saturated heterocycles. The normalized spacial score (nSPS) is 22.9. The van der Waals surface area contributed by atoms with Gasteiger partial charge in [-0.25, -0.2) is 0 Å². The highest BCUT2D eigenvalue weighted by molar-refractivity contribution is 5.14. The van der Waals surface area contributed by atoms with Crippen molar-refractivity contribution in [3.63, 3.8) is 0 Å². The molecule has 2 aliphatic rings. The molecule has 98 valence electrons. The highest BCUT2D eigenvalue weighted by atomic mass is 16.7. The maximum Gasteiger partial charge on any atom is 0.182 e. The molecule has 4 nitrogen and oxygen atoms in total. The van der Waals surface area contributed by atoms with Crippen molar-refractivity contribution < 1.29 is 9.47 Å². The van der Waals surface area contributed by atoms with Gasteiger partial charge in [0.2, 0.25) is 0 Å². The minimum atomic E-state index is -0.316. The van der Waals surface area contributed by atoms with Gasteiger partial charge in [-0.05, 0) is 18.1 Å². The average molecular weight is 248 g/mol. The van der Waals surface area contributed by atoms with Gasteiger partial charge in [0.25, 0.3) is 0 Å². The Morgan fingerprint density at radius 1 is 1.33 bits per heavy atom. The molecule has 0 unspecified atom stereocenters. The van der Waals surface area contributed by atoms with Crippen LogP contribution in [-0.2, 0) is 22.4 Å². The predicted octanol–water partition coefficient (Wildman–Crippen LogP) is 1.59. The van der Waals surface area contributed by atoms with Gasteiger partial charge in [-0.1, -0.05) is 13.0 Å². The molecule has 2 fully saturated rings. The van der Waals surface area contributed by atoms with Crippen LogP contribution >= 0.6 is 0 Å². The molecule has 0 atom stereocenters. The van der Waals surface area contributed by atoms with Crippen LogP contribution in [0.2, 0.25) is 0 Å². The van der Waals surface area contributed by atoms with Gasteiger partial charge in [0.15, 0.2) is 5.79 Å². The van der Waals surface area contributed by atoms with E-state index in [-0.39, 0.29) is 5.79 Å². The predicted molar refractivity (Wildman–Crippen MR) is 68.1 cm³/mol. The Morgan fingerprint density at radius 2 is 2.17 bits per heavy atom. The van der Waals surface area contributed by atoms with Crippen LogP contribution in [0.1, 0.15) is 24.6 Å². The highest BCUT2D eigenvalue weighted by Gasteiger charge is 2.43. The molecular formula is C14H20N2O2. The maximum absolute atomic E-state index is 5.72. The number of aryl methyl sites for hydroxylation is 1. The number of hydrogen-bond donors (Lipinski definition) is 0. The van der Waals surface area contributed by atoms with Gasteiger partial charge in [0.1, 0.15) is 0 Å². The molecule has 0 bridgehead atoms. The molecule has 0 radical (unpaired) electrons. The summed E-state index contributed by atoms with van der Waals surface area (Å²) in [4.78, 5) is 6.87.